The van der Waals surface area contributed by atoms with Crippen LogP contribution in [0.2, 0.25) is 0 Å². The highest BCUT2D eigenvalue weighted by Gasteiger charge is 2.18. The van der Waals surface area contributed by atoms with Crippen LogP contribution in [0.1, 0.15) is 58.3 Å². The van der Waals surface area contributed by atoms with Gasteiger partial charge in [-0.05, 0) is 18.3 Å². The first-order chi connectivity index (χ1) is 7.59. The average Bonchev–Trinajstić information content (AvgIpc) is 2.13. The first kappa shape index (κ1) is 13.5. The van der Waals surface area contributed by atoms with E-state index in [1.165, 1.54) is 38.5 Å². The zero-order chi connectivity index (χ0) is 12.0. The molecule has 0 aromatic carbocycles. The predicted octanol–water partition coefficient (Wildman–Crippen LogP) is 2.79. The van der Waals surface area contributed by atoms with Crippen molar-refractivity contribution in [3.63, 3.8) is 0 Å². The van der Waals surface area contributed by atoms with Crippen molar-refractivity contribution in [2.75, 3.05) is 0 Å². The van der Waals surface area contributed by atoms with E-state index in [0.29, 0.717) is 5.92 Å². The predicted molar refractivity (Wildman–Crippen MR) is 65.2 cm³/mol. The van der Waals surface area contributed by atoms with Crippen LogP contribution in [0.25, 0.3) is 0 Å². The summed E-state index contributed by atoms with van der Waals surface area (Å²) in [5.41, 5.74) is 5.82. The van der Waals surface area contributed by atoms with Crippen LogP contribution in [-0.4, -0.2) is 17.1 Å². The van der Waals surface area contributed by atoms with Crippen LogP contribution < -0.4 is 5.73 Å². The molecule has 2 atom stereocenters. The van der Waals surface area contributed by atoms with Crippen molar-refractivity contribution < 1.29 is 9.90 Å². The third kappa shape index (κ3) is 4.97. The van der Waals surface area contributed by atoms with Gasteiger partial charge in [-0.2, -0.15) is 0 Å². The Kier molecular flexibility index (Phi) is 5.81. The molecule has 0 heterocycles. The number of unbranched alkanes of at least 4 members (excludes halogenated alkanes) is 1. The van der Waals surface area contributed by atoms with Gasteiger partial charge in [-0.15, -0.1) is 0 Å². The van der Waals surface area contributed by atoms with Crippen LogP contribution in [0.15, 0.2) is 0 Å². The lowest BCUT2D eigenvalue weighted by Gasteiger charge is -2.25. The van der Waals surface area contributed by atoms with Crippen LogP contribution in [0.4, 0.5) is 0 Å². The van der Waals surface area contributed by atoms with Gasteiger partial charge in [-0.25, -0.2) is 0 Å². The molecule has 3 heteroatoms. The molecular formula is C13H25NO2. The number of aliphatic carboxylic acids is 1. The van der Waals surface area contributed by atoms with Gasteiger partial charge in [0.15, 0.2) is 0 Å². The highest BCUT2D eigenvalue weighted by molar-refractivity contribution is 5.67. The molecule has 2 unspecified atom stereocenters. The summed E-state index contributed by atoms with van der Waals surface area (Å²) in [5.74, 6) is 0.536. The summed E-state index contributed by atoms with van der Waals surface area (Å²) >= 11 is 0. The highest BCUT2D eigenvalue weighted by atomic mass is 16.4. The van der Waals surface area contributed by atoms with Gasteiger partial charge in [-0.3, -0.25) is 4.79 Å². The van der Waals surface area contributed by atoms with Gasteiger partial charge in [0.1, 0.15) is 0 Å². The van der Waals surface area contributed by atoms with Crippen LogP contribution in [-0.2, 0) is 4.79 Å². The summed E-state index contributed by atoms with van der Waals surface area (Å²) < 4.78 is 0. The van der Waals surface area contributed by atoms with Crippen molar-refractivity contribution in [2.45, 2.75) is 64.3 Å². The maximum atomic E-state index is 10.5. The van der Waals surface area contributed by atoms with Crippen LogP contribution in [0.5, 0.6) is 0 Å². The molecule has 0 radical (unpaired) electrons. The molecule has 0 aromatic heterocycles. The summed E-state index contributed by atoms with van der Waals surface area (Å²) in [7, 11) is 0. The van der Waals surface area contributed by atoms with E-state index in [1.54, 1.807) is 0 Å². The van der Waals surface area contributed by atoms with Gasteiger partial charge in [-0.1, -0.05) is 45.4 Å². The Bertz CT molecular complexity index is 214. The molecule has 0 aliphatic heterocycles. The second-order valence-corrected chi connectivity index (χ2v) is 5.32. The van der Waals surface area contributed by atoms with E-state index in [9.17, 15) is 4.79 Å². The monoisotopic (exact) mass is 227 g/mol. The largest absolute Gasteiger partial charge is 0.481 e. The molecule has 3 nitrogen and oxygen atoms in total. The average molecular weight is 227 g/mol. The molecule has 0 aromatic rings. The fraction of sp³-hybridized carbons (Fsp3) is 0.923. The number of nitrogens with two attached hydrogens (primary N) is 1. The van der Waals surface area contributed by atoms with E-state index in [2.05, 4.69) is 6.92 Å². The summed E-state index contributed by atoms with van der Waals surface area (Å²) in [4.78, 5) is 10.5. The second-order valence-electron chi connectivity index (χ2n) is 5.32. The SMILES string of the molecule is CC(CCCCC1CCC1)C(N)CC(=O)O. The van der Waals surface area contributed by atoms with Gasteiger partial charge in [0.25, 0.3) is 0 Å². The van der Waals surface area contributed by atoms with E-state index in [0.717, 1.165) is 12.3 Å². The van der Waals surface area contributed by atoms with Crippen molar-refractivity contribution in [2.24, 2.45) is 17.6 Å². The summed E-state index contributed by atoms with van der Waals surface area (Å²) in [5, 5.41) is 8.64. The molecule has 3 N–H and O–H groups in total. The van der Waals surface area contributed by atoms with Crippen molar-refractivity contribution >= 4 is 5.97 Å². The fourth-order valence-corrected chi connectivity index (χ4v) is 2.30. The fourth-order valence-electron chi connectivity index (χ4n) is 2.30. The summed E-state index contributed by atoms with van der Waals surface area (Å²) in [6, 6.07) is -0.179. The Morgan fingerprint density at radius 3 is 2.62 bits per heavy atom. The molecular weight excluding hydrogens is 202 g/mol. The lowest BCUT2D eigenvalue weighted by Crippen LogP contribution is -2.30. The van der Waals surface area contributed by atoms with E-state index < -0.39 is 5.97 Å². The first-order valence-corrected chi connectivity index (χ1v) is 6.57. The molecule has 0 spiro atoms. The van der Waals surface area contributed by atoms with Crippen molar-refractivity contribution in [3.05, 3.63) is 0 Å². The maximum Gasteiger partial charge on any atom is 0.304 e. The number of carboxylic acid groups (broad SMARTS) is 1. The van der Waals surface area contributed by atoms with Crippen molar-refractivity contribution in [3.8, 4) is 0 Å². The van der Waals surface area contributed by atoms with Crippen LogP contribution >= 0.6 is 0 Å². The van der Waals surface area contributed by atoms with Crippen LogP contribution in [0, 0.1) is 11.8 Å². The van der Waals surface area contributed by atoms with Gasteiger partial charge < -0.3 is 10.8 Å². The molecule has 0 saturated heterocycles. The minimum absolute atomic E-state index is 0.101. The number of hydrogen-bond acceptors (Lipinski definition) is 2. The zero-order valence-corrected chi connectivity index (χ0v) is 10.3. The lowest BCUT2D eigenvalue weighted by molar-refractivity contribution is -0.137. The minimum atomic E-state index is -0.784. The molecule has 94 valence electrons. The zero-order valence-electron chi connectivity index (χ0n) is 10.3. The maximum absolute atomic E-state index is 10.5. The molecule has 1 saturated carbocycles. The second kappa shape index (κ2) is 6.89. The van der Waals surface area contributed by atoms with Gasteiger partial charge in [0.05, 0.1) is 6.42 Å². The molecule has 0 bridgehead atoms. The Hall–Kier alpha value is -0.570. The smallest absolute Gasteiger partial charge is 0.304 e. The highest BCUT2D eigenvalue weighted by Crippen LogP contribution is 2.31. The number of carboxylic acids is 1. The number of rotatable bonds is 8. The van der Waals surface area contributed by atoms with Crippen molar-refractivity contribution in [1.29, 1.82) is 0 Å². The molecule has 1 aliphatic carbocycles. The van der Waals surface area contributed by atoms with Crippen molar-refractivity contribution in [1.82, 2.24) is 0 Å². The minimum Gasteiger partial charge on any atom is -0.481 e. The number of carbonyl (C=O) groups is 1. The Balaban J connectivity index is 1.99. The van der Waals surface area contributed by atoms with Gasteiger partial charge in [0.2, 0.25) is 0 Å². The number of hydrogen-bond donors (Lipinski definition) is 2. The van der Waals surface area contributed by atoms with E-state index >= 15 is 0 Å². The Morgan fingerprint density at radius 2 is 2.12 bits per heavy atom. The molecule has 1 fully saturated rings. The van der Waals surface area contributed by atoms with Gasteiger partial charge >= 0.3 is 5.97 Å². The normalized spacial score (nSPS) is 20.1. The molecule has 1 aliphatic rings. The lowest BCUT2D eigenvalue weighted by atomic mass is 9.81. The third-order valence-corrected chi connectivity index (χ3v) is 3.89. The molecule has 1 rings (SSSR count). The standard InChI is InChI=1S/C13H25NO2/c1-10(12(14)9-13(15)16)5-2-3-6-11-7-4-8-11/h10-12H,2-9,14H2,1H3,(H,15,16). The molecule has 0 amide bonds. The van der Waals surface area contributed by atoms with Gasteiger partial charge in [0, 0.05) is 6.04 Å². The summed E-state index contributed by atoms with van der Waals surface area (Å²) in [6.45, 7) is 2.07. The van der Waals surface area contributed by atoms with E-state index in [4.69, 9.17) is 10.8 Å². The first-order valence-electron chi connectivity index (χ1n) is 6.57. The Labute approximate surface area is 98.4 Å². The third-order valence-electron chi connectivity index (χ3n) is 3.89. The topological polar surface area (TPSA) is 63.3 Å². The van der Waals surface area contributed by atoms with E-state index in [-0.39, 0.29) is 12.5 Å². The summed E-state index contributed by atoms with van der Waals surface area (Å²) in [6.07, 6.45) is 9.29. The van der Waals surface area contributed by atoms with E-state index in [1.807, 2.05) is 0 Å². The quantitative estimate of drug-likeness (QED) is 0.627. The van der Waals surface area contributed by atoms with Crippen LogP contribution in [0.3, 0.4) is 0 Å². The molecule has 16 heavy (non-hydrogen) atoms. The Morgan fingerprint density at radius 1 is 1.44 bits per heavy atom.